The molecule has 0 amide bonds. The first-order valence-corrected chi connectivity index (χ1v) is 12.7. The maximum Gasteiger partial charge on any atom is 0.0562 e. The normalized spacial score (nSPS) is 11.4. The summed E-state index contributed by atoms with van der Waals surface area (Å²) in [6, 6.07) is 50.1. The van der Waals surface area contributed by atoms with E-state index >= 15 is 0 Å². The molecule has 176 valence electrons. The third-order valence-electron chi connectivity index (χ3n) is 7.41. The van der Waals surface area contributed by atoms with Crippen molar-refractivity contribution >= 4 is 44.0 Å². The SMILES string of the molecule is CN(c1ccc(-c2ccccc2)cc1)c1ccc2c3ccccc3n(-c3cccc4ccccc34)c2c1. The van der Waals surface area contributed by atoms with Crippen LogP contribution in [0.3, 0.4) is 0 Å². The Kier molecular flexibility index (Phi) is 5.04. The van der Waals surface area contributed by atoms with Gasteiger partial charge in [-0.1, -0.05) is 103 Å². The Balaban J connectivity index is 1.38. The second-order valence-corrected chi connectivity index (χ2v) is 9.52. The molecule has 6 aromatic carbocycles. The standard InChI is InChI=1S/C35H26N2/c1-36(28-20-18-26(19-21-28)25-10-3-2-4-11-25)29-22-23-32-31-15-7-8-16-34(31)37(35(32)24-29)33-17-9-13-27-12-5-6-14-30(27)33/h2-24H,1H3. The monoisotopic (exact) mass is 474 g/mol. The van der Waals surface area contributed by atoms with Gasteiger partial charge in [0.1, 0.15) is 0 Å². The Bertz CT molecular complexity index is 1870. The van der Waals surface area contributed by atoms with Crippen molar-refractivity contribution in [2.45, 2.75) is 0 Å². The number of hydrogen-bond acceptors (Lipinski definition) is 1. The molecule has 0 N–H and O–H groups in total. The molecule has 0 saturated carbocycles. The van der Waals surface area contributed by atoms with Crippen molar-refractivity contribution in [3.8, 4) is 16.8 Å². The van der Waals surface area contributed by atoms with E-state index < -0.39 is 0 Å². The van der Waals surface area contributed by atoms with Crippen LogP contribution in [-0.4, -0.2) is 11.6 Å². The van der Waals surface area contributed by atoms with Crippen molar-refractivity contribution in [3.63, 3.8) is 0 Å². The number of rotatable bonds is 4. The van der Waals surface area contributed by atoms with Crippen molar-refractivity contribution in [2.75, 3.05) is 11.9 Å². The number of para-hydroxylation sites is 1. The Morgan fingerprint density at radius 1 is 0.459 bits per heavy atom. The summed E-state index contributed by atoms with van der Waals surface area (Å²) in [5.74, 6) is 0. The lowest BCUT2D eigenvalue weighted by Gasteiger charge is -2.21. The van der Waals surface area contributed by atoms with Gasteiger partial charge in [-0.15, -0.1) is 0 Å². The molecule has 0 fully saturated rings. The summed E-state index contributed by atoms with van der Waals surface area (Å²) in [5, 5.41) is 5.03. The molecule has 1 heterocycles. The molecule has 1 aromatic heterocycles. The first kappa shape index (κ1) is 21.5. The van der Waals surface area contributed by atoms with E-state index in [1.54, 1.807) is 0 Å². The van der Waals surface area contributed by atoms with Gasteiger partial charge in [-0.25, -0.2) is 0 Å². The number of nitrogens with zero attached hydrogens (tertiary/aromatic N) is 2. The van der Waals surface area contributed by atoms with E-state index in [-0.39, 0.29) is 0 Å². The van der Waals surface area contributed by atoms with Crippen LogP contribution >= 0.6 is 0 Å². The smallest absolute Gasteiger partial charge is 0.0562 e. The van der Waals surface area contributed by atoms with Crippen molar-refractivity contribution in [3.05, 3.63) is 140 Å². The average molecular weight is 475 g/mol. The topological polar surface area (TPSA) is 8.17 Å². The van der Waals surface area contributed by atoms with Crippen molar-refractivity contribution in [2.24, 2.45) is 0 Å². The van der Waals surface area contributed by atoms with E-state index in [9.17, 15) is 0 Å². The van der Waals surface area contributed by atoms with Gasteiger partial charge >= 0.3 is 0 Å². The molecule has 2 nitrogen and oxygen atoms in total. The van der Waals surface area contributed by atoms with Crippen LogP contribution in [-0.2, 0) is 0 Å². The number of benzene rings is 6. The highest BCUT2D eigenvalue weighted by molar-refractivity contribution is 6.11. The summed E-state index contributed by atoms with van der Waals surface area (Å²) >= 11 is 0. The lowest BCUT2D eigenvalue weighted by atomic mass is 10.1. The van der Waals surface area contributed by atoms with Crippen LogP contribution in [0.2, 0.25) is 0 Å². The highest BCUT2D eigenvalue weighted by Gasteiger charge is 2.15. The van der Waals surface area contributed by atoms with Crippen LogP contribution in [0.4, 0.5) is 11.4 Å². The maximum absolute atomic E-state index is 2.42. The zero-order valence-electron chi connectivity index (χ0n) is 20.7. The minimum absolute atomic E-state index is 1.16. The second kappa shape index (κ2) is 8.69. The average Bonchev–Trinajstić information content (AvgIpc) is 3.30. The second-order valence-electron chi connectivity index (χ2n) is 9.52. The van der Waals surface area contributed by atoms with E-state index in [0.717, 1.165) is 11.4 Å². The lowest BCUT2D eigenvalue weighted by molar-refractivity contribution is 1.18. The van der Waals surface area contributed by atoms with Gasteiger partial charge in [-0.3, -0.25) is 0 Å². The molecule has 0 aliphatic rings. The van der Waals surface area contributed by atoms with Gasteiger partial charge < -0.3 is 9.47 Å². The molecule has 0 saturated heterocycles. The first-order valence-electron chi connectivity index (χ1n) is 12.7. The van der Waals surface area contributed by atoms with E-state index in [2.05, 4.69) is 156 Å². The molecule has 0 atom stereocenters. The van der Waals surface area contributed by atoms with E-state index in [4.69, 9.17) is 0 Å². The molecule has 37 heavy (non-hydrogen) atoms. The summed E-state index contributed by atoms with van der Waals surface area (Å²) in [6.45, 7) is 0. The predicted molar refractivity (Wildman–Crippen MR) is 158 cm³/mol. The van der Waals surface area contributed by atoms with Crippen LogP contribution < -0.4 is 4.90 Å². The predicted octanol–water partition coefficient (Wildman–Crippen LogP) is 9.37. The van der Waals surface area contributed by atoms with Gasteiger partial charge in [-0.2, -0.15) is 0 Å². The van der Waals surface area contributed by atoms with Gasteiger partial charge in [0.15, 0.2) is 0 Å². The molecule has 7 rings (SSSR count). The molecule has 0 radical (unpaired) electrons. The van der Waals surface area contributed by atoms with Crippen LogP contribution in [0.15, 0.2) is 140 Å². The third kappa shape index (κ3) is 3.57. The molecule has 0 unspecified atom stereocenters. The minimum Gasteiger partial charge on any atom is -0.345 e. The molecule has 0 spiro atoms. The summed E-state index contributed by atoms with van der Waals surface area (Å²) in [5.41, 5.74) is 8.41. The summed E-state index contributed by atoms with van der Waals surface area (Å²) in [6.07, 6.45) is 0. The van der Waals surface area contributed by atoms with Gasteiger partial charge in [0.05, 0.1) is 16.7 Å². The van der Waals surface area contributed by atoms with Gasteiger partial charge in [0.25, 0.3) is 0 Å². The fourth-order valence-corrected chi connectivity index (χ4v) is 5.49. The summed E-state index contributed by atoms with van der Waals surface area (Å²) in [4.78, 5) is 2.26. The minimum atomic E-state index is 1.16. The number of anilines is 2. The zero-order chi connectivity index (χ0) is 24.8. The van der Waals surface area contributed by atoms with Crippen LogP contribution in [0.5, 0.6) is 0 Å². The Morgan fingerprint density at radius 2 is 1.08 bits per heavy atom. The van der Waals surface area contributed by atoms with Crippen molar-refractivity contribution in [1.29, 1.82) is 0 Å². The zero-order valence-corrected chi connectivity index (χ0v) is 20.7. The first-order chi connectivity index (χ1) is 18.3. The lowest BCUT2D eigenvalue weighted by Crippen LogP contribution is -2.09. The van der Waals surface area contributed by atoms with E-state index in [0.29, 0.717) is 0 Å². The van der Waals surface area contributed by atoms with E-state index in [1.807, 2.05) is 0 Å². The fraction of sp³-hybridized carbons (Fsp3) is 0.0286. The van der Waals surface area contributed by atoms with Crippen molar-refractivity contribution < 1.29 is 0 Å². The van der Waals surface area contributed by atoms with Crippen LogP contribution in [0.25, 0.3) is 49.4 Å². The summed E-state index contributed by atoms with van der Waals surface area (Å²) < 4.78 is 2.42. The number of hydrogen-bond donors (Lipinski definition) is 0. The highest BCUT2D eigenvalue weighted by Crippen LogP contribution is 2.37. The molecule has 0 bridgehead atoms. The fourth-order valence-electron chi connectivity index (χ4n) is 5.49. The molecule has 0 aliphatic heterocycles. The Labute approximate surface area is 216 Å². The maximum atomic E-state index is 2.42. The highest BCUT2D eigenvalue weighted by atomic mass is 15.1. The van der Waals surface area contributed by atoms with Crippen LogP contribution in [0, 0.1) is 0 Å². The molecule has 0 aliphatic carbocycles. The molecule has 2 heteroatoms. The molecular formula is C35H26N2. The summed E-state index contributed by atoms with van der Waals surface area (Å²) in [7, 11) is 2.14. The largest absolute Gasteiger partial charge is 0.345 e. The van der Waals surface area contributed by atoms with Crippen molar-refractivity contribution in [1.82, 2.24) is 4.57 Å². The van der Waals surface area contributed by atoms with Crippen LogP contribution in [0.1, 0.15) is 0 Å². The number of aromatic nitrogens is 1. The third-order valence-corrected chi connectivity index (χ3v) is 7.41. The Hall–Kier alpha value is -4.82. The van der Waals surface area contributed by atoms with Gasteiger partial charge in [0.2, 0.25) is 0 Å². The molecule has 7 aromatic rings. The number of fused-ring (bicyclic) bond motifs is 4. The quantitative estimate of drug-likeness (QED) is 0.247. The van der Waals surface area contributed by atoms with Gasteiger partial charge in [-0.05, 0) is 52.9 Å². The molecular weight excluding hydrogens is 448 g/mol. The van der Waals surface area contributed by atoms with Gasteiger partial charge in [0, 0.05) is 34.6 Å². The van der Waals surface area contributed by atoms with E-state index in [1.165, 1.54) is 49.4 Å². The Morgan fingerprint density at radius 3 is 1.92 bits per heavy atom.